The minimum absolute atomic E-state index is 0.176. The molecule has 1 rings (SSSR count). The quantitative estimate of drug-likeness (QED) is 0.732. The SMILES string of the molecule is CC(=O)NC(C)C(=O)Nc1ccccc1CC(=O)O. The molecule has 0 aliphatic rings. The molecule has 0 saturated heterocycles. The number of carboxylic acid groups (broad SMARTS) is 1. The summed E-state index contributed by atoms with van der Waals surface area (Å²) in [6.07, 6.45) is -0.176. The first-order chi connectivity index (χ1) is 8.90. The van der Waals surface area contributed by atoms with E-state index in [1.807, 2.05) is 0 Å². The number of carbonyl (C=O) groups excluding carboxylic acids is 2. The van der Waals surface area contributed by atoms with Crippen LogP contribution < -0.4 is 10.6 Å². The fourth-order valence-electron chi connectivity index (χ4n) is 1.57. The van der Waals surface area contributed by atoms with Crippen LogP contribution in [0.2, 0.25) is 0 Å². The number of hydrogen-bond acceptors (Lipinski definition) is 3. The van der Waals surface area contributed by atoms with E-state index in [2.05, 4.69) is 10.6 Å². The van der Waals surface area contributed by atoms with Gasteiger partial charge in [-0.3, -0.25) is 14.4 Å². The number of rotatable bonds is 5. The third kappa shape index (κ3) is 4.79. The number of amides is 2. The first-order valence-corrected chi connectivity index (χ1v) is 5.78. The zero-order valence-electron chi connectivity index (χ0n) is 10.8. The second-order valence-corrected chi connectivity index (χ2v) is 4.14. The molecular formula is C13H16N2O4. The summed E-state index contributed by atoms with van der Waals surface area (Å²) in [5, 5.41) is 13.8. The van der Waals surface area contributed by atoms with Crippen molar-refractivity contribution in [1.29, 1.82) is 0 Å². The van der Waals surface area contributed by atoms with Crippen LogP contribution in [0.15, 0.2) is 24.3 Å². The first kappa shape index (κ1) is 14.7. The summed E-state index contributed by atoms with van der Waals surface area (Å²) in [5.41, 5.74) is 0.950. The number of nitrogens with one attached hydrogen (secondary N) is 2. The fourth-order valence-corrected chi connectivity index (χ4v) is 1.57. The molecular weight excluding hydrogens is 248 g/mol. The standard InChI is InChI=1S/C13H16N2O4/c1-8(14-9(2)16)13(19)15-11-6-4-3-5-10(11)7-12(17)18/h3-6,8H,7H2,1-2H3,(H,14,16)(H,15,19)(H,17,18). The van der Waals surface area contributed by atoms with Gasteiger partial charge in [0, 0.05) is 12.6 Å². The van der Waals surface area contributed by atoms with Gasteiger partial charge in [0.15, 0.2) is 0 Å². The van der Waals surface area contributed by atoms with Gasteiger partial charge in [0.05, 0.1) is 6.42 Å². The number of benzene rings is 1. The maximum absolute atomic E-state index is 11.8. The highest BCUT2D eigenvalue weighted by Crippen LogP contribution is 2.15. The van der Waals surface area contributed by atoms with Gasteiger partial charge in [-0.25, -0.2) is 0 Å². The highest BCUT2D eigenvalue weighted by Gasteiger charge is 2.15. The van der Waals surface area contributed by atoms with E-state index in [4.69, 9.17) is 5.11 Å². The van der Waals surface area contributed by atoms with Crippen LogP contribution >= 0.6 is 0 Å². The number of carbonyl (C=O) groups is 3. The lowest BCUT2D eigenvalue weighted by molar-refractivity contribution is -0.136. The predicted molar refractivity (Wildman–Crippen MR) is 69.7 cm³/mol. The molecule has 0 radical (unpaired) electrons. The molecule has 1 unspecified atom stereocenters. The van der Waals surface area contributed by atoms with E-state index < -0.39 is 17.9 Å². The molecule has 6 heteroatoms. The van der Waals surface area contributed by atoms with E-state index in [0.29, 0.717) is 11.3 Å². The molecule has 0 heterocycles. The van der Waals surface area contributed by atoms with Gasteiger partial charge in [0.1, 0.15) is 6.04 Å². The van der Waals surface area contributed by atoms with Crippen molar-refractivity contribution in [3.63, 3.8) is 0 Å². The van der Waals surface area contributed by atoms with Gasteiger partial charge in [0.25, 0.3) is 0 Å². The van der Waals surface area contributed by atoms with Crippen LogP contribution in [0.25, 0.3) is 0 Å². The number of hydrogen-bond donors (Lipinski definition) is 3. The molecule has 0 saturated carbocycles. The number of aliphatic carboxylic acids is 1. The molecule has 0 fully saturated rings. The summed E-state index contributed by atoms with van der Waals surface area (Å²) in [6, 6.07) is 5.97. The maximum Gasteiger partial charge on any atom is 0.307 e. The molecule has 3 N–H and O–H groups in total. The molecule has 1 aromatic rings. The van der Waals surface area contributed by atoms with Crippen LogP contribution in [0, 0.1) is 0 Å². The summed E-state index contributed by atoms with van der Waals surface area (Å²) in [4.78, 5) is 33.4. The molecule has 1 aromatic carbocycles. The lowest BCUT2D eigenvalue weighted by Gasteiger charge is -2.14. The van der Waals surface area contributed by atoms with Crippen molar-refractivity contribution in [2.24, 2.45) is 0 Å². The minimum atomic E-state index is -0.975. The van der Waals surface area contributed by atoms with Gasteiger partial charge in [-0.05, 0) is 18.6 Å². The topological polar surface area (TPSA) is 95.5 Å². The molecule has 0 bridgehead atoms. The zero-order valence-corrected chi connectivity index (χ0v) is 10.8. The second kappa shape index (κ2) is 6.53. The Morgan fingerprint density at radius 3 is 2.47 bits per heavy atom. The Morgan fingerprint density at radius 1 is 1.26 bits per heavy atom. The molecule has 6 nitrogen and oxygen atoms in total. The minimum Gasteiger partial charge on any atom is -0.481 e. The van der Waals surface area contributed by atoms with E-state index in [1.54, 1.807) is 31.2 Å². The Kier molecular flexibility index (Phi) is 5.05. The maximum atomic E-state index is 11.8. The van der Waals surface area contributed by atoms with Crippen LogP contribution in [0.3, 0.4) is 0 Å². The van der Waals surface area contributed by atoms with Crippen LogP contribution in [0.4, 0.5) is 5.69 Å². The van der Waals surface area contributed by atoms with Crippen molar-refractivity contribution in [2.75, 3.05) is 5.32 Å². The Bertz CT molecular complexity index is 499. The number of anilines is 1. The van der Waals surface area contributed by atoms with E-state index in [0.717, 1.165) is 0 Å². The largest absolute Gasteiger partial charge is 0.481 e. The van der Waals surface area contributed by atoms with Crippen LogP contribution in [0.5, 0.6) is 0 Å². The predicted octanol–water partition coefficient (Wildman–Crippen LogP) is 0.777. The first-order valence-electron chi connectivity index (χ1n) is 5.78. The second-order valence-electron chi connectivity index (χ2n) is 4.14. The van der Waals surface area contributed by atoms with E-state index in [1.165, 1.54) is 6.92 Å². The van der Waals surface area contributed by atoms with Gasteiger partial charge in [-0.15, -0.1) is 0 Å². The summed E-state index contributed by atoms with van der Waals surface area (Å²) < 4.78 is 0. The van der Waals surface area contributed by atoms with Crippen molar-refractivity contribution in [3.8, 4) is 0 Å². The Hall–Kier alpha value is -2.37. The van der Waals surface area contributed by atoms with Gasteiger partial charge >= 0.3 is 5.97 Å². The molecule has 0 spiro atoms. The van der Waals surface area contributed by atoms with Gasteiger partial charge in [-0.1, -0.05) is 18.2 Å². The normalized spacial score (nSPS) is 11.5. The van der Waals surface area contributed by atoms with Crippen molar-refractivity contribution in [1.82, 2.24) is 5.32 Å². The van der Waals surface area contributed by atoms with Crippen molar-refractivity contribution >= 4 is 23.5 Å². The third-order valence-electron chi connectivity index (χ3n) is 2.43. The smallest absolute Gasteiger partial charge is 0.307 e. The average molecular weight is 264 g/mol. The Morgan fingerprint density at radius 2 is 1.89 bits per heavy atom. The van der Waals surface area contributed by atoms with Crippen LogP contribution in [-0.2, 0) is 20.8 Å². The fraction of sp³-hybridized carbons (Fsp3) is 0.308. The molecule has 2 amide bonds. The molecule has 102 valence electrons. The number of para-hydroxylation sites is 1. The van der Waals surface area contributed by atoms with Crippen molar-refractivity contribution in [3.05, 3.63) is 29.8 Å². The molecule has 19 heavy (non-hydrogen) atoms. The van der Waals surface area contributed by atoms with Crippen LogP contribution in [0.1, 0.15) is 19.4 Å². The summed E-state index contributed by atoms with van der Waals surface area (Å²) in [5.74, 6) is -1.67. The zero-order chi connectivity index (χ0) is 14.4. The summed E-state index contributed by atoms with van der Waals surface area (Å²) >= 11 is 0. The number of carboxylic acids is 1. The van der Waals surface area contributed by atoms with Crippen LogP contribution in [-0.4, -0.2) is 28.9 Å². The van der Waals surface area contributed by atoms with Gasteiger partial charge < -0.3 is 15.7 Å². The van der Waals surface area contributed by atoms with Crippen molar-refractivity contribution in [2.45, 2.75) is 26.3 Å². The molecule has 1 atom stereocenters. The molecule has 0 aromatic heterocycles. The lowest BCUT2D eigenvalue weighted by atomic mass is 10.1. The highest BCUT2D eigenvalue weighted by molar-refractivity contribution is 5.97. The summed E-state index contributed by atoms with van der Waals surface area (Å²) in [6.45, 7) is 2.87. The Balaban J connectivity index is 2.78. The van der Waals surface area contributed by atoms with Gasteiger partial charge in [-0.2, -0.15) is 0 Å². The molecule has 0 aliphatic carbocycles. The van der Waals surface area contributed by atoms with Crippen molar-refractivity contribution < 1.29 is 19.5 Å². The van der Waals surface area contributed by atoms with Gasteiger partial charge in [0.2, 0.25) is 11.8 Å². The summed E-state index contributed by atoms with van der Waals surface area (Å²) in [7, 11) is 0. The monoisotopic (exact) mass is 264 g/mol. The van der Waals surface area contributed by atoms with E-state index in [9.17, 15) is 14.4 Å². The lowest BCUT2D eigenvalue weighted by Crippen LogP contribution is -2.40. The molecule has 0 aliphatic heterocycles. The van der Waals surface area contributed by atoms with E-state index in [-0.39, 0.29) is 12.3 Å². The third-order valence-corrected chi connectivity index (χ3v) is 2.43. The Labute approximate surface area is 110 Å². The van der Waals surface area contributed by atoms with E-state index >= 15 is 0 Å². The highest BCUT2D eigenvalue weighted by atomic mass is 16.4. The average Bonchev–Trinajstić information content (AvgIpc) is 2.30.